The minimum Gasteiger partial charge on any atom is -0.478 e. The second-order valence-corrected chi connectivity index (χ2v) is 26.3. The number of carboxylic acid groups (broad SMARTS) is 1. The van der Waals surface area contributed by atoms with Gasteiger partial charge in [0.15, 0.2) is 0 Å². The van der Waals surface area contributed by atoms with E-state index in [2.05, 4.69) is 55.9 Å². The number of hydrogen-bond donors (Lipinski definition) is 9. The highest BCUT2D eigenvalue weighted by atomic mass is 16.5. The van der Waals surface area contributed by atoms with Crippen LogP contribution in [0.1, 0.15) is 136 Å². The number of nitrogens with one attached hydrogen (secondary N) is 7. The zero-order chi connectivity index (χ0) is 67.9. The van der Waals surface area contributed by atoms with Crippen molar-refractivity contribution in [3.8, 4) is 0 Å². The summed E-state index contributed by atoms with van der Waals surface area (Å²) < 4.78 is 7.55. The molecule has 1 unspecified atom stereocenters. The number of benzene rings is 3. The Kier molecular flexibility index (Phi) is 24.9. The number of aliphatic carboxylic acids is 1. The fourth-order valence-electron chi connectivity index (χ4n) is 11.8. The van der Waals surface area contributed by atoms with E-state index in [0.717, 1.165) is 63.7 Å². The molecule has 2 aliphatic rings. The van der Waals surface area contributed by atoms with Gasteiger partial charge in [-0.05, 0) is 121 Å². The molecule has 22 nitrogen and oxygen atoms in total. The second-order valence-electron chi connectivity index (χ2n) is 26.3. The van der Waals surface area contributed by atoms with Crippen LogP contribution < -0.4 is 47.9 Å². The van der Waals surface area contributed by atoms with Gasteiger partial charge in [-0.3, -0.25) is 28.8 Å². The molecule has 1 aliphatic heterocycles. The van der Waals surface area contributed by atoms with E-state index in [0.29, 0.717) is 17.8 Å². The lowest BCUT2D eigenvalue weighted by Gasteiger charge is -2.39. The number of para-hydroxylation sites is 1. The first kappa shape index (κ1) is 72.0. The summed E-state index contributed by atoms with van der Waals surface area (Å²) in [5.74, 6) is -4.31. The standard InChI is InChI=1S/C70H95N11O11/c1-41(2)56(35-44(6)66(88)89)80(14)65(87)61(69(7,8)9)78-64(86)60(72-12)70(10,11)52-39-79(13)54-30-27-46(36-51(52)54)37-74-68(91)92-40-45-25-28-49(29-26-45)75-62(84)53(23-19-33-73-67(71)90)76-63(85)59(42(3)4)77-57(82)31-32-58(83)81-38-48-21-16-15-20-47(48)34-43(5)50-22-17-18-24-55(50)81/h16-18,21-22,24-30,35-36,39,41-42,53,56,59-61,72H,5,15,19-20,23,31-34,37-38,40H2,1-4,6-14H3,(H,74,91)(H,75,84)(H,76,85)(H,77,82)(H,78,86)(H,88,89)(H3,71,73,90)/b44-35+/t53-,56+,59-,60?,61+/m0/s1. The third-order valence-electron chi connectivity index (χ3n) is 17.1. The van der Waals surface area contributed by atoms with Gasteiger partial charge in [-0.25, -0.2) is 14.4 Å². The van der Waals surface area contributed by atoms with Crippen LogP contribution in [-0.2, 0) is 63.9 Å². The summed E-state index contributed by atoms with van der Waals surface area (Å²) >= 11 is 0. The van der Waals surface area contributed by atoms with Gasteiger partial charge in [0.2, 0.25) is 35.4 Å². The maximum Gasteiger partial charge on any atom is 0.407 e. The number of hydrogen-bond acceptors (Lipinski definition) is 11. The van der Waals surface area contributed by atoms with Gasteiger partial charge in [0.25, 0.3) is 0 Å². The summed E-state index contributed by atoms with van der Waals surface area (Å²) in [6.45, 7) is 23.1. The van der Waals surface area contributed by atoms with Gasteiger partial charge in [-0.1, -0.05) is 129 Å². The van der Waals surface area contributed by atoms with Gasteiger partial charge in [0, 0.05) is 79.4 Å². The number of carbonyl (C=O) groups excluding carboxylic acids is 8. The minimum absolute atomic E-state index is 0.0942. The molecular formula is C70H95N11O11. The van der Waals surface area contributed by atoms with E-state index in [-0.39, 0.29) is 68.7 Å². The fraction of sp³-hybridized carbons (Fsp3) is 0.471. The summed E-state index contributed by atoms with van der Waals surface area (Å²) in [5.41, 5.74) is 12.1. The SMILES string of the molecule is C=C1CC2=C(C=CCC2)CN(C(=O)CCC(=O)N[C@H](C(=O)N[C@@H](CCCNC(N)=O)C(=O)Nc2ccc(COC(=O)NCc3ccc4c(c3)c(C(C)(C)C(NC)C(=O)N[C@H](C(=O)N(C)[C@H](/C=C(\C)C(=O)O)C(C)C)C(C)(C)C)cn4C)cc2)C(C)C)c2ccccc21. The molecule has 92 heavy (non-hydrogen) atoms. The van der Waals surface area contributed by atoms with Crippen LogP contribution in [0, 0.1) is 17.3 Å². The van der Waals surface area contributed by atoms with E-state index < -0.39 is 88.7 Å². The topological polar surface area (TPSA) is 305 Å². The molecule has 9 amide bonds. The van der Waals surface area contributed by atoms with Crippen LogP contribution in [0.5, 0.6) is 0 Å². The van der Waals surface area contributed by atoms with Crippen molar-refractivity contribution in [1.82, 2.24) is 41.4 Å². The van der Waals surface area contributed by atoms with E-state index in [1.807, 2.05) is 109 Å². The number of carbonyl (C=O) groups is 9. The molecule has 6 rings (SSSR count). The number of nitrogens with two attached hydrogens (primary N) is 1. The first-order valence-electron chi connectivity index (χ1n) is 31.5. The molecule has 2 heterocycles. The van der Waals surface area contributed by atoms with Crippen LogP contribution in [0.15, 0.2) is 114 Å². The first-order valence-corrected chi connectivity index (χ1v) is 31.5. The molecule has 1 aromatic heterocycles. The summed E-state index contributed by atoms with van der Waals surface area (Å²) in [4.78, 5) is 124. The number of aryl methyl sites for hydroxylation is 1. The van der Waals surface area contributed by atoms with E-state index >= 15 is 0 Å². The van der Waals surface area contributed by atoms with Crippen molar-refractivity contribution in [3.05, 3.63) is 137 Å². The summed E-state index contributed by atoms with van der Waals surface area (Å²) in [6.07, 6.45) is 9.59. The Labute approximate surface area is 540 Å². The Morgan fingerprint density at radius 3 is 2.16 bits per heavy atom. The maximum absolute atomic E-state index is 14.5. The Morgan fingerprint density at radius 1 is 0.837 bits per heavy atom. The monoisotopic (exact) mass is 1270 g/mol. The largest absolute Gasteiger partial charge is 0.478 e. The van der Waals surface area contributed by atoms with Crippen molar-refractivity contribution in [2.45, 2.75) is 163 Å². The van der Waals surface area contributed by atoms with Crippen molar-refractivity contribution in [2.75, 3.05) is 37.4 Å². The van der Waals surface area contributed by atoms with Crippen LogP contribution in [0.25, 0.3) is 16.5 Å². The number of amides is 9. The number of alkyl carbamates (subject to hydrolysis) is 1. The summed E-state index contributed by atoms with van der Waals surface area (Å²) in [7, 11) is 5.22. The molecule has 0 saturated carbocycles. The highest BCUT2D eigenvalue weighted by Gasteiger charge is 2.43. The number of carboxylic acids is 1. The number of ether oxygens (including phenoxy) is 1. The highest BCUT2D eigenvalue weighted by Crippen LogP contribution is 2.39. The first-order chi connectivity index (χ1) is 43.3. The number of fused-ring (bicyclic) bond motifs is 2. The van der Waals surface area contributed by atoms with Crippen LogP contribution in [0.4, 0.5) is 21.0 Å². The molecular weight excluding hydrogens is 1170 g/mol. The Morgan fingerprint density at radius 2 is 1.52 bits per heavy atom. The number of rotatable bonds is 27. The van der Waals surface area contributed by atoms with Crippen LogP contribution >= 0.6 is 0 Å². The number of urea groups is 1. The highest BCUT2D eigenvalue weighted by molar-refractivity contribution is 6.01. The fourth-order valence-corrected chi connectivity index (χ4v) is 11.8. The number of primary amides is 1. The average Bonchev–Trinajstić information content (AvgIpc) is 1.55. The van der Waals surface area contributed by atoms with Crippen LogP contribution in [0.3, 0.4) is 0 Å². The van der Waals surface area contributed by atoms with Gasteiger partial charge < -0.3 is 67.2 Å². The zero-order valence-corrected chi connectivity index (χ0v) is 55.6. The normalized spacial score (nSPS) is 15.2. The Hall–Kier alpha value is -9.05. The van der Waals surface area contributed by atoms with Gasteiger partial charge >= 0.3 is 18.1 Å². The number of aromatic nitrogens is 1. The molecule has 10 N–H and O–H groups in total. The zero-order valence-electron chi connectivity index (χ0n) is 55.6. The molecule has 0 radical (unpaired) electrons. The molecule has 5 atom stereocenters. The molecule has 22 heteroatoms. The van der Waals surface area contributed by atoms with E-state index in [1.54, 1.807) is 63.2 Å². The maximum atomic E-state index is 14.5. The van der Waals surface area contributed by atoms with E-state index in [9.17, 15) is 48.3 Å². The number of nitrogens with zero attached hydrogens (tertiary/aromatic N) is 3. The van der Waals surface area contributed by atoms with Crippen molar-refractivity contribution >= 4 is 81.4 Å². The molecule has 0 fully saturated rings. The van der Waals surface area contributed by atoms with Gasteiger partial charge in [-0.2, -0.15) is 0 Å². The molecule has 1 aliphatic carbocycles. The van der Waals surface area contributed by atoms with Gasteiger partial charge in [0.1, 0.15) is 24.7 Å². The quantitative estimate of drug-likeness (QED) is 0.0201. The van der Waals surface area contributed by atoms with E-state index in [4.69, 9.17) is 10.5 Å². The predicted molar refractivity (Wildman–Crippen MR) is 358 cm³/mol. The predicted octanol–water partition coefficient (Wildman–Crippen LogP) is 8.40. The third kappa shape index (κ3) is 18.8. The number of allylic oxidation sites excluding steroid dienone is 3. The van der Waals surface area contributed by atoms with Crippen LogP contribution in [-0.4, -0.2) is 126 Å². The lowest BCUT2D eigenvalue weighted by Crippen LogP contribution is -2.61. The smallest absolute Gasteiger partial charge is 0.407 e. The minimum atomic E-state index is -1.11. The molecule has 0 saturated heterocycles. The van der Waals surface area contributed by atoms with Crippen molar-refractivity contribution in [1.29, 1.82) is 0 Å². The Balaban J connectivity index is 1.05. The molecule has 496 valence electrons. The number of anilines is 2. The lowest BCUT2D eigenvalue weighted by molar-refractivity contribution is -0.141. The molecule has 0 bridgehead atoms. The van der Waals surface area contributed by atoms with Crippen molar-refractivity contribution in [2.24, 2.45) is 30.0 Å². The van der Waals surface area contributed by atoms with Gasteiger partial charge in [-0.15, -0.1) is 0 Å². The number of likely N-dealkylation sites (N-methyl/N-ethyl adjacent to an activating group) is 2. The Bertz CT molecular complexity index is 3500. The second kappa shape index (κ2) is 31.8. The average molecular weight is 1270 g/mol. The van der Waals surface area contributed by atoms with E-state index in [1.165, 1.54) is 17.4 Å². The lowest BCUT2D eigenvalue weighted by atomic mass is 9.76. The third-order valence-corrected chi connectivity index (χ3v) is 17.1. The molecule has 4 aromatic rings. The molecule has 0 spiro atoms. The van der Waals surface area contributed by atoms with Gasteiger partial charge in [0.05, 0.1) is 24.3 Å². The molecule has 3 aromatic carbocycles. The van der Waals surface area contributed by atoms with Crippen LogP contribution in [0.2, 0.25) is 0 Å². The van der Waals surface area contributed by atoms with Crippen molar-refractivity contribution < 1.29 is 53.0 Å². The summed E-state index contributed by atoms with van der Waals surface area (Å²) in [5, 5.41) is 30.4. The van der Waals surface area contributed by atoms with Crippen molar-refractivity contribution in [3.63, 3.8) is 0 Å². The summed E-state index contributed by atoms with van der Waals surface area (Å²) in [6, 6.07) is 14.7.